The van der Waals surface area contributed by atoms with Crippen LogP contribution in [0.5, 0.6) is 0 Å². The molecule has 3 aromatic heterocycles. The quantitative estimate of drug-likeness (QED) is 0.184. The fourth-order valence-electron chi connectivity index (χ4n) is 6.75. The molecule has 0 aliphatic rings. The normalized spacial score (nSPS) is 12.1. The van der Waals surface area contributed by atoms with Crippen LogP contribution in [-0.2, 0) is 10.8 Å². The molecule has 0 aliphatic carbocycles. The Bertz CT molecular complexity index is 2390. The zero-order valence-corrected chi connectivity index (χ0v) is 30.0. The maximum atomic E-state index is 5.20. The van der Waals surface area contributed by atoms with E-state index in [1.165, 1.54) is 21.9 Å². The predicted octanol–water partition coefficient (Wildman–Crippen LogP) is 11.6. The summed E-state index contributed by atoms with van der Waals surface area (Å²) in [6, 6.07) is 46.7. The topological polar surface area (TPSA) is 56.5 Å². The van der Waals surface area contributed by atoms with E-state index >= 15 is 0 Å². The molecule has 0 unspecified atom stereocenters. The number of fused-ring (bicyclic) bond motifs is 3. The molecule has 0 saturated heterocycles. The minimum Gasteiger partial charge on any atom is -0.309 e. The molecule has 0 N–H and O–H groups in total. The molecule has 0 fully saturated rings. The fourth-order valence-corrected chi connectivity index (χ4v) is 6.75. The highest BCUT2D eigenvalue weighted by Gasteiger charge is 2.24. The first-order valence-corrected chi connectivity index (χ1v) is 17.6. The number of rotatable bonds is 5. The molecule has 0 spiro atoms. The zero-order chi connectivity index (χ0) is 35.3. The lowest BCUT2D eigenvalue weighted by Gasteiger charge is -2.19. The van der Waals surface area contributed by atoms with Crippen LogP contribution in [0.15, 0.2) is 140 Å². The lowest BCUT2D eigenvalue weighted by Crippen LogP contribution is -2.10. The van der Waals surface area contributed by atoms with Crippen molar-refractivity contribution in [2.75, 3.05) is 0 Å². The van der Waals surface area contributed by atoms with Crippen molar-refractivity contribution in [1.82, 2.24) is 24.5 Å². The van der Waals surface area contributed by atoms with Crippen molar-refractivity contribution in [3.63, 3.8) is 0 Å². The van der Waals surface area contributed by atoms with Crippen molar-refractivity contribution in [1.29, 1.82) is 0 Å². The van der Waals surface area contributed by atoms with Gasteiger partial charge in [0.25, 0.3) is 0 Å². The summed E-state index contributed by atoms with van der Waals surface area (Å²) in [4.78, 5) is 20.1. The van der Waals surface area contributed by atoms with Crippen LogP contribution in [0, 0.1) is 0 Å². The Balaban J connectivity index is 1.46. The summed E-state index contributed by atoms with van der Waals surface area (Å²) < 4.78 is 2.38. The highest BCUT2D eigenvalue weighted by Crippen LogP contribution is 2.40. The molecule has 0 radical (unpaired) electrons. The number of hydrogen-bond acceptors (Lipinski definition) is 4. The lowest BCUT2D eigenvalue weighted by molar-refractivity contribution is 0.590. The lowest BCUT2D eigenvalue weighted by atomic mass is 9.85. The van der Waals surface area contributed by atoms with Crippen molar-refractivity contribution in [2.45, 2.75) is 52.4 Å². The molecule has 250 valence electrons. The van der Waals surface area contributed by atoms with E-state index in [-0.39, 0.29) is 10.8 Å². The van der Waals surface area contributed by atoms with Gasteiger partial charge in [0, 0.05) is 39.2 Å². The van der Waals surface area contributed by atoms with Crippen LogP contribution in [0.1, 0.15) is 52.7 Å². The average Bonchev–Trinajstić information content (AvgIpc) is 3.48. The Labute approximate surface area is 299 Å². The summed E-state index contributed by atoms with van der Waals surface area (Å²) in [5, 5.41) is 2.46. The van der Waals surface area contributed by atoms with Crippen LogP contribution in [0.25, 0.3) is 72.9 Å². The SMILES string of the molecule is CC(C)(C)c1ccc2c(c1)c1cc(C(C)(C)C)ccc1n2-c1ccc(-c2ccccn2)cc1-c1nc(-c2ccccc2)nc(-c2ccccc2)n1. The second-order valence-electron chi connectivity index (χ2n) is 15.3. The molecular formula is C46H41N5. The standard InChI is InChI=1S/C46H41N5/c1-45(2,3)33-21-24-39-35(28-33)36-29-34(46(4,5)6)22-25-40(36)51(39)41-23-20-32(38-19-13-14-26-47-38)27-37(41)44-49-42(30-15-9-7-10-16-30)48-43(50-44)31-17-11-8-12-18-31/h7-29H,1-6H3. The molecule has 5 aromatic carbocycles. The molecule has 0 saturated carbocycles. The van der Waals surface area contributed by atoms with Crippen LogP contribution in [-0.4, -0.2) is 24.5 Å². The van der Waals surface area contributed by atoms with Crippen LogP contribution in [0.3, 0.4) is 0 Å². The van der Waals surface area contributed by atoms with E-state index in [0.29, 0.717) is 17.5 Å². The molecule has 0 bridgehead atoms. The molecule has 51 heavy (non-hydrogen) atoms. The van der Waals surface area contributed by atoms with Gasteiger partial charge in [0.15, 0.2) is 17.5 Å². The Hall–Kier alpha value is -5.94. The number of pyridine rings is 1. The fraction of sp³-hybridized carbons (Fsp3) is 0.174. The largest absolute Gasteiger partial charge is 0.309 e. The number of nitrogens with zero attached hydrogens (tertiary/aromatic N) is 5. The summed E-state index contributed by atoms with van der Waals surface area (Å²) in [6.07, 6.45) is 1.83. The highest BCUT2D eigenvalue weighted by molar-refractivity contribution is 6.10. The van der Waals surface area contributed by atoms with Crippen LogP contribution < -0.4 is 0 Å². The van der Waals surface area contributed by atoms with Gasteiger partial charge in [-0.1, -0.05) is 126 Å². The minimum absolute atomic E-state index is 0.00625. The van der Waals surface area contributed by atoms with Gasteiger partial charge in [0.05, 0.1) is 22.4 Å². The third-order valence-corrected chi connectivity index (χ3v) is 9.64. The molecule has 0 amide bonds. The van der Waals surface area contributed by atoms with Crippen molar-refractivity contribution < 1.29 is 0 Å². The van der Waals surface area contributed by atoms with Gasteiger partial charge < -0.3 is 4.57 Å². The van der Waals surface area contributed by atoms with Crippen LogP contribution in [0.2, 0.25) is 0 Å². The Morgan fingerprint density at radius 2 is 0.961 bits per heavy atom. The predicted molar refractivity (Wildman–Crippen MR) is 211 cm³/mol. The maximum absolute atomic E-state index is 5.20. The summed E-state index contributed by atoms with van der Waals surface area (Å²) in [5.41, 5.74) is 10.5. The second-order valence-corrected chi connectivity index (χ2v) is 15.3. The van der Waals surface area contributed by atoms with Crippen molar-refractivity contribution in [2.24, 2.45) is 0 Å². The van der Waals surface area contributed by atoms with Gasteiger partial charge in [-0.2, -0.15) is 0 Å². The minimum atomic E-state index is 0.00625. The molecule has 0 aliphatic heterocycles. The van der Waals surface area contributed by atoms with E-state index in [9.17, 15) is 0 Å². The van der Waals surface area contributed by atoms with Gasteiger partial charge in [-0.05, 0) is 70.5 Å². The van der Waals surface area contributed by atoms with Gasteiger partial charge in [0.2, 0.25) is 0 Å². The molecule has 5 heteroatoms. The first-order valence-electron chi connectivity index (χ1n) is 17.6. The third-order valence-electron chi connectivity index (χ3n) is 9.64. The van der Waals surface area contributed by atoms with E-state index in [2.05, 4.69) is 101 Å². The van der Waals surface area contributed by atoms with Crippen LogP contribution >= 0.6 is 0 Å². The highest BCUT2D eigenvalue weighted by atomic mass is 15.1. The zero-order valence-electron chi connectivity index (χ0n) is 30.0. The van der Waals surface area contributed by atoms with E-state index in [4.69, 9.17) is 19.9 Å². The monoisotopic (exact) mass is 663 g/mol. The maximum Gasteiger partial charge on any atom is 0.166 e. The number of aromatic nitrogens is 5. The molecule has 8 rings (SSSR count). The third kappa shape index (κ3) is 6.10. The second kappa shape index (κ2) is 12.4. The van der Waals surface area contributed by atoms with Gasteiger partial charge >= 0.3 is 0 Å². The molecule has 3 heterocycles. The van der Waals surface area contributed by atoms with E-state index < -0.39 is 0 Å². The summed E-state index contributed by atoms with van der Waals surface area (Å²) in [6.45, 7) is 13.7. The van der Waals surface area contributed by atoms with Crippen LogP contribution in [0.4, 0.5) is 0 Å². The smallest absolute Gasteiger partial charge is 0.166 e. The summed E-state index contributed by atoms with van der Waals surface area (Å²) in [5.74, 6) is 1.85. The van der Waals surface area contributed by atoms with Gasteiger partial charge in [-0.25, -0.2) is 15.0 Å². The summed E-state index contributed by atoms with van der Waals surface area (Å²) in [7, 11) is 0. The van der Waals surface area contributed by atoms with Crippen molar-refractivity contribution >= 4 is 21.8 Å². The van der Waals surface area contributed by atoms with Gasteiger partial charge in [-0.3, -0.25) is 4.98 Å². The molecule has 8 aromatic rings. The van der Waals surface area contributed by atoms with Gasteiger partial charge in [-0.15, -0.1) is 0 Å². The van der Waals surface area contributed by atoms with E-state index in [1.54, 1.807) is 0 Å². The Kier molecular flexibility index (Phi) is 7.87. The number of benzene rings is 5. The number of hydrogen-bond donors (Lipinski definition) is 0. The Morgan fingerprint density at radius 3 is 1.45 bits per heavy atom. The van der Waals surface area contributed by atoms with E-state index in [1.807, 2.05) is 85.1 Å². The first-order chi connectivity index (χ1) is 24.5. The van der Waals surface area contributed by atoms with E-state index in [0.717, 1.165) is 44.7 Å². The molecule has 0 atom stereocenters. The Morgan fingerprint density at radius 1 is 0.451 bits per heavy atom. The molecule has 5 nitrogen and oxygen atoms in total. The molecular weight excluding hydrogens is 623 g/mol. The summed E-state index contributed by atoms with van der Waals surface area (Å²) >= 11 is 0. The average molecular weight is 664 g/mol. The van der Waals surface area contributed by atoms with Crippen molar-refractivity contribution in [3.05, 3.63) is 151 Å². The van der Waals surface area contributed by atoms with Gasteiger partial charge in [0.1, 0.15) is 0 Å². The first kappa shape index (κ1) is 32.3. The van der Waals surface area contributed by atoms with Crippen molar-refractivity contribution in [3.8, 4) is 51.1 Å².